The van der Waals surface area contributed by atoms with Crippen LogP contribution in [0.1, 0.15) is 26.2 Å². The van der Waals surface area contributed by atoms with E-state index < -0.39 is 30.5 Å². The molecule has 2 fully saturated rings. The number of carboxylic acid groups (broad SMARTS) is 1. The number of likely N-dealkylation sites (tertiary alicyclic amines) is 1. The van der Waals surface area contributed by atoms with Gasteiger partial charge in [-0.15, -0.1) is 0 Å². The number of alkyl halides is 3. The monoisotopic (exact) mass is 308 g/mol. The molecule has 0 aromatic heterocycles. The van der Waals surface area contributed by atoms with E-state index >= 15 is 0 Å². The van der Waals surface area contributed by atoms with E-state index in [0.29, 0.717) is 6.54 Å². The lowest BCUT2D eigenvalue weighted by Crippen LogP contribution is -2.48. The van der Waals surface area contributed by atoms with Gasteiger partial charge >= 0.3 is 12.1 Å². The van der Waals surface area contributed by atoms with Crippen LogP contribution in [0.3, 0.4) is 0 Å². The van der Waals surface area contributed by atoms with Crippen molar-refractivity contribution in [2.24, 2.45) is 5.41 Å². The zero-order chi connectivity index (χ0) is 15.8. The van der Waals surface area contributed by atoms with Crippen molar-refractivity contribution in [3.8, 4) is 0 Å². The van der Waals surface area contributed by atoms with Crippen molar-refractivity contribution >= 4 is 11.9 Å². The van der Waals surface area contributed by atoms with Crippen LogP contribution in [0.15, 0.2) is 0 Å². The van der Waals surface area contributed by atoms with E-state index in [1.165, 1.54) is 4.90 Å². The Bertz CT molecular complexity index is 437. The molecule has 1 unspecified atom stereocenters. The van der Waals surface area contributed by atoms with Crippen LogP contribution in [0, 0.1) is 5.41 Å². The van der Waals surface area contributed by atoms with Crippen LogP contribution >= 0.6 is 0 Å². The number of halogens is 3. The van der Waals surface area contributed by atoms with Crippen LogP contribution in [-0.4, -0.2) is 65.2 Å². The number of nitrogens with zero attached hydrogens (tertiary/aromatic N) is 2. The molecule has 0 aromatic carbocycles. The third-order valence-electron chi connectivity index (χ3n) is 4.31. The summed E-state index contributed by atoms with van der Waals surface area (Å²) in [7, 11) is 0. The van der Waals surface area contributed by atoms with Gasteiger partial charge in [-0.2, -0.15) is 13.2 Å². The van der Waals surface area contributed by atoms with Gasteiger partial charge in [0, 0.05) is 25.7 Å². The number of aliphatic carboxylic acids is 1. The first-order valence-corrected chi connectivity index (χ1v) is 7.03. The highest BCUT2D eigenvalue weighted by atomic mass is 19.4. The first-order chi connectivity index (χ1) is 9.71. The van der Waals surface area contributed by atoms with E-state index in [1.807, 2.05) is 6.92 Å². The maximum atomic E-state index is 13.0. The summed E-state index contributed by atoms with van der Waals surface area (Å²) in [4.78, 5) is 26.1. The SMILES string of the molecule is CCN(C(=O)CN1CCC(C(=O)O)(C(F)(F)F)C1)C1CC1. The van der Waals surface area contributed by atoms with Gasteiger partial charge in [0.25, 0.3) is 0 Å². The zero-order valence-corrected chi connectivity index (χ0v) is 11.8. The fourth-order valence-corrected chi connectivity index (χ4v) is 2.86. The van der Waals surface area contributed by atoms with Crippen LogP contribution in [0.5, 0.6) is 0 Å². The largest absolute Gasteiger partial charge is 0.481 e. The van der Waals surface area contributed by atoms with Crippen molar-refractivity contribution in [2.75, 3.05) is 26.2 Å². The second-order valence-corrected chi connectivity index (χ2v) is 5.76. The molecule has 0 spiro atoms. The maximum Gasteiger partial charge on any atom is 0.406 e. The van der Waals surface area contributed by atoms with Crippen molar-refractivity contribution in [1.82, 2.24) is 9.80 Å². The third-order valence-corrected chi connectivity index (χ3v) is 4.31. The van der Waals surface area contributed by atoms with E-state index in [4.69, 9.17) is 5.11 Å². The van der Waals surface area contributed by atoms with Gasteiger partial charge in [-0.05, 0) is 26.2 Å². The van der Waals surface area contributed by atoms with E-state index in [-0.39, 0.29) is 25.0 Å². The molecule has 1 aliphatic heterocycles. The minimum atomic E-state index is -4.81. The molecule has 1 aliphatic carbocycles. The van der Waals surface area contributed by atoms with Gasteiger partial charge < -0.3 is 10.0 Å². The zero-order valence-electron chi connectivity index (χ0n) is 11.8. The molecule has 8 heteroatoms. The molecular formula is C13H19F3N2O3. The molecule has 1 atom stereocenters. The summed E-state index contributed by atoms with van der Waals surface area (Å²) < 4.78 is 39.1. The molecule has 1 heterocycles. The predicted molar refractivity (Wildman–Crippen MR) is 67.6 cm³/mol. The van der Waals surface area contributed by atoms with Gasteiger partial charge in [-0.3, -0.25) is 14.5 Å². The van der Waals surface area contributed by atoms with Crippen LogP contribution in [0.2, 0.25) is 0 Å². The second-order valence-electron chi connectivity index (χ2n) is 5.76. The Morgan fingerprint density at radius 1 is 1.38 bits per heavy atom. The van der Waals surface area contributed by atoms with Gasteiger partial charge in [0.15, 0.2) is 5.41 Å². The number of hydrogen-bond acceptors (Lipinski definition) is 3. The molecule has 1 saturated heterocycles. The average Bonchev–Trinajstić information content (AvgIpc) is 3.08. The van der Waals surface area contributed by atoms with Crippen molar-refractivity contribution in [3.63, 3.8) is 0 Å². The molecule has 0 bridgehead atoms. The normalized spacial score (nSPS) is 26.9. The Hall–Kier alpha value is -1.31. The lowest BCUT2D eigenvalue weighted by Gasteiger charge is -2.28. The van der Waals surface area contributed by atoms with Crippen molar-refractivity contribution in [3.05, 3.63) is 0 Å². The highest BCUT2D eigenvalue weighted by Crippen LogP contribution is 2.45. The van der Waals surface area contributed by atoms with E-state index in [0.717, 1.165) is 12.8 Å². The molecule has 2 rings (SSSR count). The van der Waals surface area contributed by atoms with Crippen LogP contribution < -0.4 is 0 Å². The van der Waals surface area contributed by atoms with Gasteiger partial charge in [-0.1, -0.05) is 0 Å². The molecule has 0 aromatic rings. The first kappa shape index (κ1) is 16.1. The van der Waals surface area contributed by atoms with Crippen LogP contribution in [0.4, 0.5) is 13.2 Å². The summed E-state index contributed by atoms with van der Waals surface area (Å²) in [6.45, 7) is 1.53. The van der Waals surface area contributed by atoms with Crippen molar-refractivity contribution in [1.29, 1.82) is 0 Å². The Kier molecular flexibility index (Phi) is 4.19. The van der Waals surface area contributed by atoms with Gasteiger partial charge in [0.05, 0.1) is 6.54 Å². The smallest absolute Gasteiger partial charge is 0.406 e. The number of carboxylic acids is 1. The Balaban J connectivity index is 2.01. The Morgan fingerprint density at radius 2 is 2.00 bits per heavy atom. The van der Waals surface area contributed by atoms with Gasteiger partial charge in [0.2, 0.25) is 5.91 Å². The maximum absolute atomic E-state index is 13.0. The number of carbonyl (C=O) groups excluding carboxylic acids is 1. The highest BCUT2D eigenvalue weighted by molar-refractivity contribution is 5.80. The number of carbonyl (C=O) groups is 2. The molecule has 2 aliphatic rings. The molecule has 21 heavy (non-hydrogen) atoms. The number of rotatable bonds is 5. The minimum absolute atomic E-state index is 0.0280. The summed E-state index contributed by atoms with van der Waals surface area (Å²) in [6.07, 6.45) is -3.45. The van der Waals surface area contributed by atoms with Crippen molar-refractivity contribution < 1.29 is 27.9 Å². The number of likely N-dealkylation sites (N-methyl/N-ethyl adjacent to an activating group) is 1. The van der Waals surface area contributed by atoms with Gasteiger partial charge in [0.1, 0.15) is 0 Å². The molecule has 120 valence electrons. The fraction of sp³-hybridized carbons (Fsp3) is 0.846. The minimum Gasteiger partial charge on any atom is -0.481 e. The summed E-state index contributed by atoms with van der Waals surface area (Å²) in [5, 5.41) is 8.96. The van der Waals surface area contributed by atoms with Crippen molar-refractivity contribution in [2.45, 2.75) is 38.4 Å². The summed E-state index contributed by atoms with van der Waals surface area (Å²) >= 11 is 0. The quantitative estimate of drug-likeness (QED) is 0.832. The lowest BCUT2D eigenvalue weighted by molar-refractivity contribution is -0.227. The first-order valence-electron chi connectivity index (χ1n) is 7.03. The summed E-state index contributed by atoms with van der Waals surface area (Å²) in [5.41, 5.74) is -2.75. The van der Waals surface area contributed by atoms with Crippen LogP contribution in [0.25, 0.3) is 0 Å². The molecule has 1 saturated carbocycles. The lowest BCUT2D eigenvalue weighted by atomic mass is 9.86. The van der Waals surface area contributed by atoms with Gasteiger partial charge in [-0.25, -0.2) is 0 Å². The molecular weight excluding hydrogens is 289 g/mol. The summed E-state index contributed by atoms with van der Waals surface area (Å²) in [5.74, 6) is -2.08. The third kappa shape index (κ3) is 3.00. The molecule has 5 nitrogen and oxygen atoms in total. The highest BCUT2D eigenvalue weighted by Gasteiger charge is 2.63. The van der Waals surface area contributed by atoms with E-state index in [2.05, 4.69) is 0 Å². The van der Waals surface area contributed by atoms with E-state index in [1.54, 1.807) is 4.90 Å². The van der Waals surface area contributed by atoms with E-state index in [9.17, 15) is 22.8 Å². The Labute approximate surface area is 120 Å². The molecule has 1 N–H and O–H groups in total. The summed E-state index contributed by atoms with van der Waals surface area (Å²) in [6, 6.07) is 0.206. The molecule has 0 radical (unpaired) electrons. The topological polar surface area (TPSA) is 60.9 Å². The molecule has 1 amide bonds. The fourth-order valence-electron chi connectivity index (χ4n) is 2.86. The number of hydrogen-bond donors (Lipinski definition) is 1. The average molecular weight is 308 g/mol. The standard InChI is InChI=1S/C13H19F3N2O3/c1-2-18(9-3-4-9)10(19)7-17-6-5-12(8-17,11(20)21)13(14,15)16/h9H,2-8H2,1H3,(H,20,21). The second kappa shape index (κ2) is 5.47. The number of amides is 1. The predicted octanol–water partition coefficient (Wildman–Crippen LogP) is 1.34. The Morgan fingerprint density at radius 3 is 2.38 bits per heavy atom. The van der Waals surface area contributed by atoms with Crippen LogP contribution in [-0.2, 0) is 9.59 Å².